The third-order valence-electron chi connectivity index (χ3n) is 0. The molecule has 0 aromatic heterocycles. The summed E-state index contributed by atoms with van der Waals surface area (Å²) in [6.45, 7) is 0. The summed E-state index contributed by atoms with van der Waals surface area (Å²) in [4.78, 5) is 511. The molecule has 0 N–H and O–H groups in total. The molecule has 0 aliphatic heterocycles. The second-order valence-electron chi connectivity index (χ2n) is 7.50. The zero-order valence-electron chi connectivity index (χ0n) is 59.2. The van der Waals surface area contributed by atoms with Crippen molar-refractivity contribution in [2.24, 2.45) is 0 Å². The molecular weight excluding hydrogens is 2550 g/mol. The van der Waals surface area contributed by atoms with Crippen molar-refractivity contribution in [3.63, 3.8) is 0 Å². The van der Waals surface area contributed by atoms with Gasteiger partial charge in [-0.1, -0.05) is 248 Å². The quantitative estimate of drug-likeness (QED) is 0.203. The summed E-state index contributed by atoms with van der Waals surface area (Å²) >= 11 is 0. The van der Waals surface area contributed by atoms with Gasteiger partial charge in [-0.3, -0.25) is 0 Å². The second kappa shape index (κ2) is 293. The molecule has 0 heterocycles. The molecule has 0 aliphatic rings. The van der Waals surface area contributed by atoms with Crippen LogP contribution in [0.1, 0.15) is 0 Å². The van der Waals surface area contributed by atoms with Crippen molar-refractivity contribution < 1.29 is 431 Å². The number of rotatable bonds is 0. The van der Waals surface area contributed by atoms with Gasteiger partial charge in [0.1, 0.15) is 0 Å². The van der Waals surface area contributed by atoms with E-state index in [1.54, 1.807) is 0 Å². The van der Waals surface area contributed by atoms with Gasteiger partial charge in [0.25, 0.3) is 0 Å². The van der Waals surface area contributed by atoms with E-state index in [1.807, 2.05) is 0 Å². The van der Waals surface area contributed by atoms with Crippen molar-refractivity contribution in [3.05, 3.63) is 111 Å². The van der Waals surface area contributed by atoms with Crippen LogP contribution in [0.25, 0.3) is 0 Å². The average Bonchev–Trinajstić information content (AvgIpc) is 3.29. The van der Waals surface area contributed by atoms with E-state index >= 15 is 0 Å². The van der Waals surface area contributed by atoms with Crippen LogP contribution in [0.15, 0.2) is 0 Å². The zero-order valence-corrected chi connectivity index (χ0v) is 89.2. The summed E-state index contributed by atoms with van der Waals surface area (Å²) in [7, 11) is -109. The maximum Gasteiger partial charge on any atom is 4.00 e. The monoisotopic (exact) mass is 2580 g/mol. The molecule has 0 radical (unpaired) electrons. The first-order chi connectivity index (χ1) is 52.0. The van der Waals surface area contributed by atoms with Crippen LogP contribution < -0.4 is 294 Å². The Morgan fingerprint density at radius 1 is 0.0519 bits per heavy atom. The van der Waals surface area contributed by atoms with Gasteiger partial charge in [-0.2, -0.15) is 0 Å². The first kappa shape index (κ1) is 300. The Morgan fingerprint density at radius 2 is 0.0519 bits per heavy atom. The maximum absolute atomic E-state index is 8.52. The summed E-state index contributed by atoms with van der Waals surface area (Å²) < 4.78 is 256. The zero-order chi connectivity index (χ0) is 107. The Kier molecular flexibility index (Phi) is 651. The van der Waals surface area contributed by atoms with Gasteiger partial charge in [0.15, 0.2) is 0 Å². The average molecular weight is 2580 g/mol. The maximum atomic E-state index is 8.52. The summed E-state index contributed by atoms with van der Waals surface area (Å²) in [6.07, 6.45) is 0. The fourth-order valence-corrected chi connectivity index (χ4v) is 0. The van der Waals surface area contributed by atoms with Crippen molar-refractivity contribution in [2.75, 3.05) is 0 Å². The summed E-state index contributed by atoms with van der Waals surface area (Å²) in [5, 5.41) is 0. The van der Waals surface area contributed by atoms with Gasteiger partial charge in [-0.05, 0) is 0 Å². The van der Waals surface area contributed by atoms with Gasteiger partial charge in [0.05, 0.1) is 0 Å². The van der Waals surface area contributed by atoms with E-state index in [4.69, 9.17) is 431 Å². The van der Waals surface area contributed by atoms with Gasteiger partial charge in [0.2, 0.25) is 0 Å². The first-order valence-corrected chi connectivity index (χ1v) is 55.1. The third kappa shape index (κ3) is 127000. The molecule has 0 fully saturated rings. The Balaban J connectivity index is -0.0000000144. The van der Waals surface area contributed by atoms with Gasteiger partial charge in [0, 0.05) is 0 Å². The molecule has 0 rings (SSSR count). The van der Waals surface area contributed by atoms with Gasteiger partial charge < -0.3 is 431 Å². The van der Waals surface area contributed by atoms with Crippen LogP contribution >= 0.6 is 248 Å². The summed E-state index contributed by atoms with van der Waals surface area (Å²) in [6, 6.07) is 0. The van der Waals surface area contributed by atoms with Crippen molar-refractivity contribution in [3.8, 4) is 0 Å². The van der Waals surface area contributed by atoms with E-state index < -0.39 is 248 Å². The third-order valence-corrected chi connectivity index (χ3v) is 0. The molecule has 0 saturated heterocycles. The van der Waals surface area contributed by atoms with E-state index in [1.165, 1.54) is 0 Å². The molecule has 0 amide bonds. The van der Waals surface area contributed by atoms with Crippen LogP contribution in [0.5, 0.6) is 0 Å². The molecule has 120 heteroatoms. The van der Waals surface area contributed by atoms with Crippen LogP contribution in [0, 0.1) is 111 Å². The molecule has 90 nitrogen and oxygen atoms in total. The Labute approximate surface area is 786 Å². The van der Waals surface area contributed by atoms with Crippen molar-refractivity contribution in [1.29, 1.82) is 0 Å². The molecule has 0 atom stereocenters. The molecule has 0 aromatic carbocycles. The standard InChI is InChI=1S/15C.30H3O3P/c;;;;;;;;;;;;;;;30*1-4(2)3/h;;;;;;;;;;;;;;;30*4H,(H2,1,2,3)/q15*+4;;;;;;;;;;;;;;;;;;;;;;;;;;;;;;/p-60. The summed E-state index contributed by atoms with van der Waals surface area (Å²) in [5.74, 6) is 0. The Hall–Kier alpha value is 4.50. The fourth-order valence-electron chi connectivity index (χ4n) is 0. The Bertz CT molecular complexity index is 1740. The van der Waals surface area contributed by atoms with Crippen molar-refractivity contribution >= 4 is 248 Å². The predicted molar refractivity (Wildman–Crippen MR) is 319 cm³/mol. The van der Waals surface area contributed by atoms with E-state index in [9.17, 15) is 0 Å². The Morgan fingerprint density at radius 3 is 0.0519 bits per heavy atom. The van der Waals surface area contributed by atoms with E-state index in [0.29, 0.717) is 0 Å². The molecule has 135 heavy (non-hydrogen) atoms. The molecule has 0 aliphatic carbocycles. The largest absolute Gasteiger partial charge is 4.00 e. The van der Waals surface area contributed by atoms with Crippen LogP contribution in [0.4, 0.5) is 0 Å². The number of hydrogen-bond donors (Lipinski definition) is 0. The van der Waals surface area contributed by atoms with Crippen molar-refractivity contribution in [1.82, 2.24) is 0 Å². The number of hydrogen-bond acceptors (Lipinski definition) is 90. The topological polar surface area (TPSA) is 1900 Å². The minimum absolute atomic E-state index is 0. The minimum atomic E-state index is -3.63. The van der Waals surface area contributed by atoms with Gasteiger partial charge >= 0.3 is 111 Å². The summed E-state index contributed by atoms with van der Waals surface area (Å²) in [5.41, 5.74) is 0. The smallest absolute Gasteiger partial charge is 0.813 e. The molecular formula is C15H30O90P30. The first-order valence-electron chi connectivity index (χ1n) is 18.4. The van der Waals surface area contributed by atoms with Crippen LogP contribution in [-0.2, 0) is 137 Å². The van der Waals surface area contributed by atoms with Gasteiger partial charge in [-0.25, -0.2) is 0 Å². The van der Waals surface area contributed by atoms with E-state index in [2.05, 4.69) is 0 Å². The molecule has 0 saturated carbocycles. The van der Waals surface area contributed by atoms with Crippen LogP contribution in [-0.4, -0.2) is 0 Å². The SMILES string of the molecule is O=[PH]([O-])[O-].O=[PH]([O-])[O-].O=[PH]([O-])[O-].O=[PH]([O-])[O-].O=[PH]([O-])[O-].O=[PH]([O-])[O-].O=[PH]([O-])[O-].O=[PH]([O-])[O-].O=[PH]([O-])[O-].O=[PH]([O-])[O-].O=[PH]([O-])[O-].O=[PH]([O-])[O-].O=[PH]([O-])[O-].O=[PH]([O-])[O-].O=[PH]([O-])[O-].O=[PH]([O-])[O-].O=[PH]([O-])[O-].O=[PH]([O-])[O-].O=[PH]([O-])[O-].O=[PH]([O-])[O-].O=[PH]([O-])[O-].O=[PH]([O-])[O-].O=[PH]([O-])[O-].O=[PH]([O-])[O-].O=[PH]([O-])[O-].O=[PH]([O-])[O-].O=[PH]([O-])[O-].O=[PH]([O-])[O-].O=[PH]([O-])[O-].O=[PH]([O-])[O-].[C+4].[C+4].[C+4].[C+4].[C+4].[C+4].[C+4].[C+4].[C+4].[C+4].[C+4].[C+4].[C+4].[C+4].[C+4]. The molecule has 0 unspecified atom stereocenters. The van der Waals surface area contributed by atoms with E-state index in [0.717, 1.165) is 0 Å². The van der Waals surface area contributed by atoms with Crippen LogP contribution in [0.3, 0.4) is 0 Å². The molecule has 0 bridgehead atoms. The molecule has 0 spiro atoms. The molecule has 0 aromatic rings. The van der Waals surface area contributed by atoms with Gasteiger partial charge in [-0.15, -0.1) is 0 Å². The van der Waals surface area contributed by atoms with E-state index in [-0.39, 0.29) is 111 Å². The normalized spacial score (nSPS) is 7.78. The second-order valence-corrected chi connectivity index (χ2v) is 22.5. The van der Waals surface area contributed by atoms with Crippen molar-refractivity contribution in [2.45, 2.75) is 0 Å². The molecule has 780 valence electrons. The predicted octanol–water partition coefficient (Wildman–Crippen LogP) is -55.9. The minimum Gasteiger partial charge on any atom is -0.813 e. The fraction of sp³-hybridized carbons (Fsp3) is 0. The van der Waals surface area contributed by atoms with Crippen LogP contribution in [0.2, 0.25) is 0 Å².